The van der Waals surface area contributed by atoms with Gasteiger partial charge in [-0.1, -0.05) is 6.92 Å². The molecule has 0 aliphatic carbocycles. The van der Waals surface area contributed by atoms with Crippen molar-refractivity contribution < 1.29 is 14.4 Å². The van der Waals surface area contributed by atoms with E-state index in [1.165, 1.54) is 12.1 Å². The summed E-state index contributed by atoms with van der Waals surface area (Å²) < 4.78 is 13.2. The van der Waals surface area contributed by atoms with E-state index in [0.29, 0.717) is 12.1 Å². The highest BCUT2D eigenvalue weighted by atomic mass is 19.1. The molecule has 0 heterocycles. The topological polar surface area (TPSA) is 75.4 Å². The lowest BCUT2D eigenvalue weighted by Crippen LogP contribution is -2.33. The van der Waals surface area contributed by atoms with E-state index >= 15 is 0 Å². The van der Waals surface area contributed by atoms with Crippen LogP contribution in [0.5, 0.6) is 0 Å². The van der Waals surface area contributed by atoms with Gasteiger partial charge in [0.05, 0.1) is 11.0 Å². The number of hydrogen-bond acceptors (Lipinski definition) is 4. The molecule has 2 N–H and O–H groups in total. The molecule has 0 aliphatic heterocycles. The number of halogens is 1. The van der Waals surface area contributed by atoms with Crippen LogP contribution >= 0.6 is 0 Å². The first-order valence-corrected chi connectivity index (χ1v) is 5.72. The third-order valence-corrected chi connectivity index (χ3v) is 2.92. The summed E-state index contributed by atoms with van der Waals surface area (Å²) in [6.07, 6.45) is 0. The highest BCUT2D eigenvalue weighted by Crippen LogP contribution is 2.16. The quantitative estimate of drug-likeness (QED) is 0.601. The third kappa shape index (κ3) is 4.05. The van der Waals surface area contributed by atoms with Crippen LogP contribution in [0.25, 0.3) is 0 Å². The molecule has 100 valence electrons. The van der Waals surface area contributed by atoms with Crippen LogP contribution in [-0.2, 0) is 6.54 Å². The van der Waals surface area contributed by atoms with Crippen LogP contribution in [0.15, 0.2) is 18.2 Å². The molecular formula is C12H17FN2O3. The van der Waals surface area contributed by atoms with Gasteiger partial charge in [0.2, 0.25) is 0 Å². The molecule has 0 saturated carbocycles. The minimum Gasteiger partial charge on any atom is -0.396 e. The van der Waals surface area contributed by atoms with Gasteiger partial charge in [0.25, 0.3) is 5.69 Å². The smallest absolute Gasteiger partial charge is 0.272 e. The Balaban J connectivity index is 2.70. The first-order chi connectivity index (χ1) is 8.43. The molecule has 1 aromatic rings. The number of rotatable bonds is 6. The van der Waals surface area contributed by atoms with E-state index in [1.807, 2.05) is 13.8 Å². The van der Waals surface area contributed by atoms with Crippen LogP contribution in [0.3, 0.4) is 0 Å². The van der Waals surface area contributed by atoms with Crippen molar-refractivity contribution in [2.24, 2.45) is 5.92 Å². The summed E-state index contributed by atoms with van der Waals surface area (Å²) in [5, 5.41) is 22.7. The summed E-state index contributed by atoms with van der Waals surface area (Å²) in [6.45, 7) is 4.15. The van der Waals surface area contributed by atoms with Gasteiger partial charge in [0.15, 0.2) is 0 Å². The Morgan fingerprint density at radius 2 is 2.11 bits per heavy atom. The van der Waals surface area contributed by atoms with Gasteiger partial charge in [-0.15, -0.1) is 0 Å². The Kier molecular flexibility index (Phi) is 5.18. The van der Waals surface area contributed by atoms with Crippen LogP contribution in [0.2, 0.25) is 0 Å². The molecule has 2 unspecified atom stereocenters. The molecule has 0 fully saturated rings. The summed E-state index contributed by atoms with van der Waals surface area (Å²) in [6, 6.07) is 3.53. The fourth-order valence-electron chi connectivity index (χ4n) is 1.48. The molecule has 18 heavy (non-hydrogen) atoms. The van der Waals surface area contributed by atoms with E-state index in [2.05, 4.69) is 5.32 Å². The minimum atomic E-state index is -0.621. The van der Waals surface area contributed by atoms with Crippen molar-refractivity contribution in [3.63, 3.8) is 0 Å². The summed E-state index contributed by atoms with van der Waals surface area (Å²) in [4.78, 5) is 9.96. The highest BCUT2D eigenvalue weighted by Gasteiger charge is 2.13. The van der Waals surface area contributed by atoms with E-state index in [0.717, 1.165) is 6.07 Å². The maximum atomic E-state index is 13.2. The molecule has 5 nitrogen and oxygen atoms in total. The number of aliphatic hydroxyl groups excluding tert-OH is 1. The first kappa shape index (κ1) is 14.5. The zero-order valence-corrected chi connectivity index (χ0v) is 10.4. The monoisotopic (exact) mass is 256 g/mol. The van der Waals surface area contributed by atoms with Crippen LogP contribution < -0.4 is 5.32 Å². The standard InChI is InChI=1S/C12H17FN2O3/c1-8(7-16)9(2)14-6-10-3-11(13)5-12(4-10)15(17)18/h3-5,8-9,14,16H,6-7H2,1-2H3. The summed E-state index contributed by atoms with van der Waals surface area (Å²) in [5.74, 6) is -0.558. The Bertz CT molecular complexity index is 426. The van der Waals surface area contributed by atoms with Crippen molar-refractivity contribution in [2.45, 2.75) is 26.4 Å². The maximum absolute atomic E-state index is 13.2. The van der Waals surface area contributed by atoms with Gasteiger partial charge in [-0.3, -0.25) is 10.1 Å². The summed E-state index contributed by atoms with van der Waals surface area (Å²) in [5.41, 5.74) is 0.258. The predicted molar refractivity (Wildman–Crippen MR) is 65.6 cm³/mol. The molecule has 6 heteroatoms. The van der Waals surface area contributed by atoms with Crippen LogP contribution in [0.4, 0.5) is 10.1 Å². The number of benzene rings is 1. The van der Waals surface area contributed by atoms with Gasteiger partial charge in [0, 0.05) is 25.3 Å². The second-order valence-electron chi connectivity index (χ2n) is 4.40. The Morgan fingerprint density at radius 3 is 2.67 bits per heavy atom. The normalized spacial score (nSPS) is 14.2. The molecule has 0 saturated heterocycles. The van der Waals surface area contributed by atoms with E-state index < -0.39 is 10.7 Å². The van der Waals surface area contributed by atoms with Crippen molar-refractivity contribution in [1.29, 1.82) is 0 Å². The van der Waals surface area contributed by atoms with E-state index in [4.69, 9.17) is 5.11 Å². The number of nitro benzene ring substituents is 1. The zero-order valence-electron chi connectivity index (χ0n) is 10.4. The van der Waals surface area contributed by atoms with Crippen molar-refractivity contribution >= 4 is 5.69 Å². The Morgan fingerprint density at radius 1 is 1.44 bits per heavy atom. The molecule has 1 rings (SSSR count). The largest absolute Gasteiger partial charge is 0.396 e. The first-order valence-electron chi connectivity index (χ1n) is 5.72. The van der Waals surface area contributed by atoms with Crippen molar-refractivity contribution in [3.8, 4) is 0 Å². The molecular weight excluding hydrogens is 239 g/mol. The minimum absolute atomic E-state index is 0.0392. The van der Waals surface area contributed by atoms with Crippen molar-refractivity contribution in [1.82, 2.24) is 5.32 Å². The highest BCUT2D eigenvalue weighted by molar-refractivity contribution is 5.35. The number of nitrogens with zero attached hydrogens (tertiary/aromatic N) is 1. The number of nitro groups is 1. The van der Waals surface area contributed by atoms with E-state index in [1.54, 1.807) is 0 Å². The fourth-order valence-corrected chi connectivity index (χ4v) is 1.48. The van der Waals surface area contributed by atoms with Gasteiger partial charge < -0.3 is 10.4 Å². The van der Waals surface area contributed by atoms with Crippen LogP contribution in [0.1, 0.15) is 19.4 Å². The third-order valence-electron chi connectivity index (χ3n) is 2.92. The lowest BCUT2D eigenvalue weighted by molar-refractivity contribution is -0.385. The summed E-state index contributed by atoms with van der Waals surface area (Å²) >= 11 is 0. The number of hydrogen-bond donors (Lipinski definition) is 2. The van der Waals surface area contributed by atoms with E-state index in [-0.39, 0.29) is 24.3 Å². The molecule has 1 aromatic carbocycles. The van der Waals surface area contributed by atoms with Crippen LogP contribution in [0, 0.1) is 21.8 Å². The van der Waals surface area contributed by atoms with Crippen molar-refractivity contribution in [3.05, 3.63) is 39.7 Å². The zero-order chi connectivity index (χ0) is 13.7. The number of non-ortho nitro benzene ring substituents is 1. The lowest BCUT2D eigenvalue weighted by atomic mass is 10.0. The average Bonchev–Trinajstić information content (AvgIpc) is 2.34. The number of nitrogens with one attached hydrogen (secondary N) is 1. The SMILES string of the molecule is CC(CO)C(C)NCc1cc(F)cc([N+](=O)[O-])c1. The Labute approximate surface area is 105 Å². The van der Waals surface area contributed by atoms with E-state index in [9.17, 15) is 14.5 Å². The maximum Gasteiger partial charge on any atom is 0.272 e. The summed E-state index contributed by atoms with van der Waals surface area (Å²) in [7, 11) is 0. The second kappa shape index (κ2) is 6.42. The molecule has 2 atom stereocenters. The lowest BCUT2D eigenvalue weighted by Gasteiger charge is -2.19. The molecule has 0 radical (unpaired) electrons. The molecule has 0 aromatic heterocycles. The van der Waals surface area contributed by atoms with Gasteiger partial charge in [-0.25, -0.2) is 4.39 Å². The van der Waals surface area contributed by atoms with Crippen LogP contribution in [-0.4, -0.2) is 22.7 Å². The number of aliphatic hydroxyl groups is 1. The molecule has 0 bridgehead atoms. The molecule has 0 amide bonds. The Hall–Kier alpha value is -1.53. The van der Waals surface area contributed by atoms with Gasteiger partial charge in [0.1, 0.15) is 5.82 Å². The molecule has 0 spiro atoms. The average molecular weight is 256 g/mol. The van der Waals surface area contributed by atoms with Gasteiger partial charge in [-0.05, 0) is 24.5 Å². The predicted octanol–water partition coefficient (Wildman–Crippen LogP) is 1.84. The molecule has 0 aliphatic rings. The fraction of sp³-hybridized carbons (Fsp3) is 0.500. The van der Waals surface area contributed by atoms with Gasteiger partial charge in [-0.2, -0.15) is 0 Å². The van der Waals surface area contributed by atoms with Gasteiger partial charge >= 0.3 is 0 Å². The second-order valence-corrected chi connectivity index (χ2v) is 4.40. The van der Waals surface area contributed by atoms with Crippen molar-refractivity contribution in [2.75, 3.05) is 6.61 Å².